The standard InChI is InChI=1S/C10H12FNO2.ClH/c11-9-4-2-1-3-8(9)10(12)5-6-14-7-13;/h1-4,7,10H,5-6,12H2;1H. The summed E-state index contributed by atoms with van der Waals surface area (Å²) in [5.74, 6) is -0.328. The van der Waals surface area contributed by atoms with Gasteiger partial charge in [-0.3, -0.25) is 4.79 Å². The highest BCUT2D eigenvalue weighted by atomic mass is 35.5. The van der Waals surface area contributed by atoms with Gasteiger partial charge >= 0.3 is 0 Å². The third-order valence-corrected chi connectivity index (χ3v) is 1.92. The quantitative estimate of drug-likeness (QED) is 0.623. The molecular weight excluding hydrogens is 221 g/mol. The van der Waals surface area contributed by atoms with Gasteiger partial charge in [0.2, 0.25) is 0 Å². The molecule has 1 unspecified atom stereocenters. The van der Waals surface area contributed by atoms with Crippen LogP contribution in [0.25, 0.3) is 0 Å². The van der Waals surface area contributed by atoms with Crippen LogP contribution < -0.4 is 5.73 Å². The van der Waals surface area contributed by atoms with Crippen LogP contribution in [0.5, 0.6) is 0 Å². The second-order valence-corrected chi connectivity index (χ2v) is 2.88. The summed E-state index contributed by atoms with van der Waals surface area (Å²) >= 11 is 0. The highest BCUT2D eigenvalue weighted by Gasteiger charge is 2.09. The van der Waals surface area contributed by atoms with E-state index < -0.39 is 6.04 Å². The first-order valence-electron chi connectivity index (χ1n) is 4.31. The van der Waals surface area contributed by atoms with E-state index >= 15 is 0 Å². The van der Waals surface area contributed by atoms with Crippen molar-refractivity contribution >= 4 is 18.9 Å². The number of ether oxygens (including phenoxy) is 1. The van der Waals surface area contributed by atoms with Crippen molar-refractivity contribution in [3.05, 3.63) is 35.6 Å². The van der Waals surface area contributed by atoms with Gasteiger partial charge in [0.15, 0.2) is 0 Å². The van der Waals surface area contributed by atoms with Gasteiger partial charge in [-0.1, -0.05) is 18.2 Å². The fraction of sp³-hybridized carbons (Fsp3) is 0.300. The van der Waals surface area contributed by atoms with E-state index in [0.717, 1.165) is 0 Å². The highest BCUT2D eigenvalue weighted by molar-refractivity contribution is 5.85. The zero-order chi connectivity index (χ0) is 10.4. The van der Waals surface area contributed by atoms with E-state index in [1.807, 2.05) is 0 Å². The molecule has 0 bridgehead atoms. The SMILES string of the molecule is Cl.NC(CCOC=O)c1ccccc1F. The molecule has 0 aliphatic heterocycles. The van der Waals surface area contributed by atoms with Crippen LogP contribution in [0.15, 0.2) is 24.3 Å². The summed E-state index contributed by atoms with van der Waals surface area (Å²) in [6, 6.07) is 5.87. The maximum absolute atomic E-state index is 13.2. The highest BCUT2D eigenvalue weighted by Crippen LogP contribution is 2.16. The first-order chi connectivity index (χ1) is 6.75. The number of halogens is 2. The van der Waals surface area contributed by atoms with Crippen LogP contribution in [0.3, 0.4) is 0 Å². The minimum atomic E-state index is -0.434. The molecule has 1 aromatic carbocycles. The molecule has 1 rings (SSSR count). The molecule has 84 valence electrons. The van der Waals surface area contributed by atoms with Crippen LogP contribution >= 0.6 is 12.4 Å². The Morgan fingerprint density at radius 3 is 2.73 bits per heavy atom. The fourth-order valence-electron chi connectivity index (χ4n) is 1.17. The Hall–Kier alpha value is -1.13. The van der Waals surface area contributed by atoms with E-state index in [1.165, 1.54) is 6.07 Å². The minimum absolute atomic E-state index is 0. The number of benzene rings is 1. The number of rotatable bonds is 5. The average molecular weight is 234 g/mol. The summed E-state index contributed by atoms with van der Waals surface area (Å²) in [6.07, 6.45) is 0.416. The van der Waals surface area contributed by atoms with Gasteiger partial charge in [0.05, 0.1) is 6.61 Å². The second kappa shape index (κ2) is 7.20. The Morgan fingerprint density at radius 2 is 2.13 bits per heavy atom. The number of nitrogens with two attached hydrogens (primary N) is 1. The molecular formula is C10H13ClFNO2. The van der Waals surface area contributed by atoms with Crippen molar-refractivity contribution in [1.82, 2.24) is 0 Å². The lowest BCUT2D eigenvalue weighted by Gasteiger charge is -2.11. The van der Waals surface area contributed by atoms with Gasteiger partial charge in [-0.25, -0.2) is 4.39 Å². The first kappa shape index (κ1) is 13.9. The van der Waals surface area contributed by atoms with Crippen LogP contribution in [0.1, 0.15) is 18.0 Å². The normalized spacial score (nSPS) is 11.3. The largest absolute Gasteiger partial charge is 0.468 e. The molecule has 0 radical (unpaired) electrons. The number of carbonyl (C=O) groups excluding carboxylic acids is 1. The molecule has 1 atom stereocenters. The van der Waals surface area contributed by atoms with Crippen molar-refractivity contribution < 1.29 is 13.9 Å². The zero-order valence-electron chi connectivity index (χ0n) is 8.06. The number of hydrogen-bond donors (Lipinski definition) is 1. The van der Waals surface area contributed by atoms with E-state index in [9.17, 15) is 9.18 Å². The molecule has 5 heteroatoms. The minimum Gasteiger partial charge on any atom is -0.468 e. The van der Waals surface area contributed by atoms with Gasteiger partial charge in [-0.2, -0.15) is 0 Å². The lowest BCUT2D eigenvalue weighted by molar-refractivity contribution is -0.128. The maximum atomic E-state index is 13.2. The Labute approximate surface area is 93.8 Å². The maximum Gasteiger partial charge on any atom is 0.293 e. The molecule has 0 amide bonds. The molecule has 0 aromatic heterocycles. The summed E-state index contributed by atoms with van der Waals surface area (Å²) in [6.45, 7) is 0.563. The third-order valence-electron chi connectivity index (χ3n) is 1.92. The van der Waals surface area contributed by atoms with Gasteiger partial charge in [0, 0.05) is 18.0 Å². The molecule has 0 fully saturated rings. The molecule has 0 aliphatic rings. The van der Waals surface area contributed by atoms with Gasteiger partial charge in [0.25, 0.3) is 6.47 Å². The third kappa shape index (κ3) is 4.27. The van der Waals surface area contributed by atoms with Crippen LogP contribution in [0.2, 0.25) is 0 Å². The summed E-state index contributed by atoms with van der Waals surface area (Å²) in [5.41, 5.74) is 6.15. The van der Waals surface area contributed by atoms with Gasteiger partial charge in [-0.15, -0.1) is 12.4 Å². The number of hydrogen-bond acceptors (Lipinski definition) is 3. The second-order valence-electron chi connectivity index (χ2n) is 2.88. The molecule has 15 heavy (non-hydrogen) atoms. The van der Waals surface area contributed by atoms with Crippen molar-refractivity contribution in [2.45, 2.75) is 12.5 Å². The van der Waals surface area contributed by atoms with Crippen LogP contribution in [0.4, 0.5) is 4.39 Å². The average Bonchev–Trinajstić information content (AvgIpc) is 2.18. The molecule has 0 aliphatic carbocycles. The van der Waals surface area contributed by atoms with Crippen LogP contribution in [-0.4, -0.2) is 13.1 Å². The Kier molecular flexibility index (Phi) is 6.66. The van der Waals surface area contributed by atoms with E-state index in [2.05, 4.69) is 4.74 Å². The predicted octanol–water partition coefficient (Wildman–Crippen LogP) is 1.81. The molecule has 0 saturated carbocycles. The molecule has 2 N–H and O–H groups in total. The van der Waals surface area contributed by atoms with E-state index in [4.69, 9.17) is 5.73 Å². The zero-order valence-corrected chi connectivity index (χ0v) is 8.87. The lowest BCUT2D eigenvalue weighted by atomic mass is 10.0. The molecule has 0 spiro atoms. The molecule has 3 nitrogen and oxygen atoms in total. The van der Waals surface area contributed by atoms with Gasteiger partial charge < -0.3 is 10.5 Å². The predicted molar refractivity (Wildman–Crippen MR) is 57.2 cm³/mol. The monoisotopic (exact) mass is 233 g/mol. The Morgan fingerprint density at radius 1 is 1.47 bits per heavy atom. The van der Waals surface area contributed by atoms with E-state index in [1.54, 1.807) is 18.2 Å². The van der Waals surface area contributed by atoms with Gasteiger partial charge in [0.1, 0.15) is 5.82 Å². The van der Waals surface area contributed by atoms with Crippen molar-refractivity contribution in [3.8, 4) is 0 Å². The molecule has 1 aromatic rings. The van der Waals surface area contributed by atoms with Crippen molar-refractivity contribution in [2.75, 3.05) is 6.61 Å². The van der Waals surface area contributed by atoms with E-state index in [0.29, 0.717) is 18.5 Å². The van der Waals surface area contributed by atoms with Crippen LogP contribution in [0, 0.1) is 5.82 Å². The van der Waals surface area contributed by atoms with Crippen molar-refractivity contribution in [3.63, 3.8) is 0 Å². The number of carbonyl (C=O) groups is 1. The first-order valence-corrected chi connectivity index (χ1v) is 4.31. The fourth-order valence-corrected chi connectivity index (χ4v) is 1.17. The lowest BCUT2D eigenvalue weighted by Crippen LogP contribution is -2.14. The summed E-state index contributed by atoms with van der Waals surface area (Å²) < 4.78 is 17.6. The Balaban J connectivity index is 0.00000196. The van der Waals surface area contributed by atoms with Gasteiger partial charge in [-0.05, 0) is 6.07 Å². The Bertz CT molecular complexity index is 309. The summed E-state index contributed by atoms with van der Waals surface area (Å²) in [5, 5.41) is 0. The summed E-state index contributed by atoms with van der Waals surface area (Å²) in [7, 11) is 0. The smallest absolute Gasteiger partial charge is 0.293 e. The van der Waals surface area contributed by atoms with E-state index in [-0.39, 0.29) is 24.8 Å². The topological polar surface area (TPSA) is 52.3 Å². The van der Waals surface area contributed by atoms with Crippen molar-refractivity contribution in [1.29, 1.82) is 0 Å². The van der Waals surface area contributed by atoms with Crippen LogP contribution in [-0.2, 0) is 9.53 Å². The molecule has 0 saturated heterocycles. The molecule has 0 heterocycles. The summed E-state index contributed by atoms with van der Waals surface area (Å²) in [4.78, 5) is 9.85. The van der Waals surface area contributed by atoms with Crippen molar-refractivity contribution in [2.24, 2.45) is 5.73 Å².